The number of benzene rings is 1. The minimum absolute atomic E-state index is 0.288. The average Bonchev–Trinajstić information content (AvgIpc) is 3.02. The summed E-state index contributed by atoms with van der Waals surface area (Å²) in [6.07, 6.45) is -3.60. The molecule has 9 heteroatoms. The zero-order valence-corrected chi connectivity index (χ0v) is 13.5. The molecule has 0 unspecified atom stereocenters. The van der Waals surface area contributed by atoms with Crippen LogP contribution in [0.3, 0.4) is 0 Å². The molecular formula is C15H9ClF3N3OS. The van der Waals surface area contributed by atoms with Gasteiger partial charge in [-0.3, -0.25) is 0 Å². The third kappa shape index (κ3) is 3.88. The van der Waals surface area contributed by atoms with Gasteiger partial charge in [-0.1, -0.05) is 40.7 Å². The number of aromatic nitrogens is 3. The molecule has 124 valence electrons. The highest BCUT2D eigenvalue weighted by molar-refractivity contribution is 7.98. The normalized spacial score (nSPS) is 11.7. The molecule has 0 spiro atoms. The van der Waals surface area contributed by atoms with Crippen LogP contribution in [-0.4, -0.2) is 15.1 Å². The van der Waals surface area contributed by atoms with E-state index in [0.717, 1.165) is 12.3 Å². The zero-order chi connectivity index (χ0) is 17.2. The molecule has 0 fully saturated rings. The minimum Gasteiger partial charge on any atom is -0.338 e. The summed E-state index contributed by atoms with van der Waals surface area (Å²) in [6.45, 7) is 0. The first-order chi connectivity index (χ1) is 11.4. The van der Waals surface area contributed by atoms with Gasteiger partial charge < -0.3 is 4.52 Å². The molecule has 0 radical (unpaired) electrons. The highest BCUT2D eigenvalue weighted by Crippen LogP contribution is 2.30. The summed E-state index contributed by atoms with van der Waals surface area (Å²) in [4.78, 5) is 7.99. The third-order valence-corrected chi connectivity index (χ3v) is 4.25. The topological polar surface area (TPSA) is 51.8 Å². The fraction of sp³-hybridized carbons (Fsp3) is 0.133. The fourth-order valence-electron chi connectivity index (χ4n) is 1.83. The van der Waals surface area contributed by atoms with Crippen LogP contribution in [0.5, 0.6) is 0 Å². The summed E-state index contributed by atoms with van der Waals surface area (Å²) in [6, 6.07) is 9.36. The largest absolute Gasteiger partial charge is 0.417 e. The molecule has 0 aliphatic heterocycles. The van der Waals surface area contributed by atoms with Crippen molar-refractivity contribution in [3.63, 3.8) is 0 Å². The number of hydrogen-bond donors (Lipinski definition) is 0. The average molecular weight is 372 g/mol. The number of hydrogen-bond acceptors (Lipinski definition) is 5. The molecule has 0 aliphatic carbocycles. The van der Waals surface area contributed by atoms with E-state index >= 15 is 0 Å². The van der Waals surface area contributed by atoms with Crippen LogP contribution in [0.1, 0.15) is 11.5 Å². The molecule has 1 aromatic carbocycles. The summed E-state index contributed by atoms with van der Waals surface area (Å²) >= 11 is 7.26. The molecule has 0 saturated heterocycles. The molecule has 3 aromatic rings. The predicted octanol–water partition coefficient (Wildman–Crippen LogP) is 5.10. The lowest BCUT2D eigenvalue weighted by molar-refractivity contribution is -0.137. The van der Waals surface area contributed by atoms with Gasteiger partial charge in [0.25, 0.3) is 0 Å². The first-order valence-electron chi connectivity index (χ1n) is 6.67. The Morgan fingerprint density at radius 3 is 2.58 bits per heavy atom. The van der Waals surface area contributed by atoms with Gasteiger partial charge in [-0.05, 0) is 24.3 Å². The van der Waals surface area contributed by atoms with E-state index in [9.17, 15) is 13.2 Å². The lowest BCUT2D eigenvalue weighted by Gasteiger charge is -2.05. The summed E-state index contributed by atoms with van der Waals surface area (Å²) in [5, 5.41) is 4.79. The maximum absolute atomic E-state index is 12.5. The monoisotopic (exact) mass is 371 g/mol. The van der Waals surface area contributed by atoms with Crippen LogP contribution in [-0.2, 0) is 11.9 Å². The Bertz CT molecular complexity index is 836. The van der Waals surface area contributed by atoms with E-state index in [-0.39, 0.29) is 5.75 Å². The molecule has 0 amide bonds. The van der Waals surface area contributed by atoms with Gasteiger partial charge in [-0.25, -0.2) is 4.98 Å². The molecule has 2 aromatic heterocycles. The highest BCUT2D eigenvalue weighted by atomic mass is 35.5. The smallest absolute Gasteiger partial charge is 0.338 e. The highest BCUT2D eigenvalue weighted by Gasteiger charge is 2.30. The van der Waals surface area contributed by atoms with Gasteiger partial charge in [-0.2, -0.15) is 18.2 Å². The SMILES string of the molecule is FC(F)(F)c1ccc(SCc2nc(-c3ccccc3Cl)no2)nc1. The van der Waals surface area contributed by atoms with Crippen molar-refractivity contribution in [2.24, 2.45) is 0 Å². The van der Waals surface area contributed by atoms with Crippen molar-refractivity contribution in [1.29, 1.82) is 0 Å². The van der Waals surface area contributed by atoms with Crippen LogP contribution in [0.25, 0.3) is 11.4 Å². The number of rotatable bonds is 4. The van der Waals surface area contributed by atoms with Crippen molar-refractivity contribution in [3.05, 3.63) is 59.1 Å². The maximum Gasteiger partial charge on any atom is 0.417 e. The van der Waals surface area contributed by atoms with E-state index in [0.29, 0.717) is 27.3 Å². The Morgan fingerprint density at radius 2 is 1.92 bits per heavy atom. The molecule has 0 saturated carbocycles. The van der Waals surface area contributed by atoms with Gasteiger partial charge in [0.1, 0.15) is 0 Å². The molecule has 4 nitrogen and oxygen atoms in total. The number of halogens is 4. The van der Waals surface area contributed by atoms with Crippen LogP contribution in [0.4, 0.5) is 13.2 Å². The second-order valence-electron chi connectivity index (χ2n) is 4.66. The van der Waals surface area contributed by atoms with Crippen molar-refractivity contribution in [2.45, 2.75) is 17.0 Å². The van der Waals surface area contributed by atoms with Crippen molar-refractivity contribution >= 4 is 23.4 Å². The Hall–Kier alpha value is -2.06. The van der Waals surface area contributed by atoms with E-state index in [1.165, 1.54) is 17.8 Å². The van der Waals surface area contributed by atoms with Gasteiger partial charge in [0.15, 0.2) is 0 Å². The van der Waals surface area contributed by atoms with Crippen LogP contribution in [0.15, 0.2) is 52.1 Å². The van der Waals surface area contributed by atoms with Crippen LogP contribution in [0, 0.1) is 0 Å². The van der Waals surface area contributed by atoms with Gasteiger partial charge >= 0.3 is 6.18 Å². The van der Waals surface area contributed by atoms with Gasteiger partial charge in [0.2, 0.25) is 11.7 Å². The fourth-order valence-corrected chi connectivity index (χ4v) is 2.73. The molecule has 3 rings (SSSR count). The minimum atomic E-state index is -4.40. The van der Waals surface area contributed by atoms with Crippen molar-refractivity contribution < 1.29 is 17.7 Å². The quantitative estimate of drug-likeness (QED) is 0.597. The van der Waals surface area contributed by atoms with E-state index in [1.807, 2.05) is 0 Å². The summed E-state index contributed by atoms with van der Waals surface area (Å²) in [5.41, 5.74) is -0.141. The summed E-state index contributed by atoms with van der Waals surface area (Å²) in [7, 11) is 0. The van der Waals surface area contributed by atoms with Crippen LogP contribution < -0.4 is 0 Å². The second kappa shape index (κ2) is 6.82. The Labute approximate surface area is 144 Å². The lowest BCUT2D eigenvalue weighted by Crippen LogP contribution is -2.05. The third-order valence-electron chi connectivity index (χ3n) is 2.99. The van der Waals surface area contributed by atoms with Crippen molar-refractivity contribution in [3.8, 4) is 11.4 Å². The Balaban J connectivity index is 1.67. The first-order valence-corrected chi connectivity index (χ1v) is 8.03. The molecular weight excluding hydrogens is 363 g/mol. The number of nitrogens with zero attached hydrogens (tertiary/aromatic N) is 3. The number of alkyl halides is 3. The molecule has 0 bridgehead atoms. The molecule has 24 heavy (non-hydrogen) atoms. The van der Waals surface area contributed by atoms with E-state index in [2.05, 4.69) is 15.1 Å². The summed E-state index contributed by atoms with van der Waals surface area (Å²) < 4.78 is 42.6. The van der Waals surface area contributed by atoms with Gasteiger partial charge in [0.05, 0.1) is 21.4 Å². The van der Waals surface area contributed by atoms with Crippen LogP contribution in [0.2, 0.25) is 5.02 Å². The Kier molecular flexibility index (Phi) is 4.77. The van der Waals surface area contributed by atoms with Crippen molar-refractivity contribution in [2.75, 3.05) is 0 Å². The van der Waals surface area contributed by atoms with E-state index in [4.69, 9.17) is 16.1 Å². The predicted molar refractivity (Wildman–Crippen MR) is 83.5 cm³/mol. The van der Waals surface area contributed by atoms with Crippen molar-refractivity contribution in [1.82, 2.24) is 15.1 Å². The van der Waals surface area contributed by atoms with E-state index in [1.54, 1.807) is 24.3 Å². The molecule has 0 atom stereocenters. The van der Waals surface area contributed by atoms with Crippen LogP contribution >= 0.6 is 23.4 Å². The van der Waals surface area contributed by atoms with Gasteiger partial charge in [0, 0.05) is 11.8 Å². The zero-order valence-electron chi connectivity index (χ0n) is 11.9. The second-order valence-corrected chi connectivity index (χ2v) is 6.07. The first kappa shape index (κ1) is 16.8. The number of pyridine rings is 1. The lowest BCUT2D eigenvalue weighted by atomic mass is 10.2. The van der Waals surface area contributed by atoms with E-state index < -0.39 is 11.7 Å². The van der Waals surface area contributed by atoms with Gasteiger partial charge in [-0.15, -0.1) is 0 Å². The molecule has 0 aliphatic rings. The molecule has 0 N–H and O–H groups in total. The maximum atomic E-state index is 12.5. The molecule has 2 heterocycles. The summed E-state index contributed by atoms with van der Waals surface area (Å²) in [5.74, 6) is 0.976. The number of thioether (sulfide) groups is 1. The standard InChI is InChI=1S/C15H9ClF3N3OS/c16-11-4-2-1-3-10(11)14-21-12(23-22-14)8-24-13-6-5-9(7-20-13)15(17,18)19/h1-7H,8H2. The Morgan fingerprint density at radius 1 is 1.12 bits per heavy atom.